The lowest BCUT2D eigenvalue weighted by Crippen LogP contribution is -2.35. The molecule has 0 aromatic heterocycles. The van der Waals surface area contributed by atoms with Gasteiger partial charge >= 0.3 is 0 Å². The Morgan fingerprint density at radius 3 is 2.67 bits per heavy atom. The average molecular weight is 170 g/mol. The summed E-state index contributed by atoms with van der Waals surface area (Å²) in [7, 11) is 1.95. The minimum Gasteiger partial charge on any atom is -0.341 e. The molecule has 1 saturated heterocycles. The summed E-state index contributed by atoms with van der Waals surface area (Å²) in [5.41, 5.74) is 0. The minimum absolute atomic E-state index is 0.139. The van der Waals surface area contributed by atoms with Gasteiger partial charge in [0.2, 0.25) is 5.91 Å². The van der Waals surface area contributed by atoms with Crippen LogP contribution in [0.5, 0.6) is 0 Å². The van der Waals surface area contributed by atoms with E-state index in [-0.39, 0.29) is 11.8 Å². The lowest BCUT2D eigenvalue weighted by Gasteiger charge is -2.18. The number of likely N-dealkylation sites (N-methyl/N-ethyl adjacent to an activating group) is 1. The lowest BCUT2D eigenvalue weighted by atomic mass is 10.2. The maximum absolute atomic E-state index is 11.5. The molecule has 0 saturated carbocycles. The third-order valence-electron chi connectivity index (χ3n) is 2.40. The first-order valence-electron chi connectivity index (χ1n) is 4.61. The number of nitrogens with zero attached hydrogens (tertiary/aromatic N) is 1. The van der Waals surface area contributed by atoms with Crippen LogP contribution in [0.25, 0.3) is 0 Å². The number of amides is 1. The molecule has 3 heteroatoms. The van der Waals surface area contributed by atoms with Crippen LogP contribution in [0.1, 0.15) is 20.3 Å². The van der Waals surface area contributed by atoms with Crippen molar-refractivity contribution >= 4 is 5.91 Å². The second kappa shape index (κ2) is 3.90. The third kappa shape index (κ3) is 1.97. The highest BCUT2D eigenvalue weighted by Gasteiger charge is 2.25. The summed E-state index contributed by atoms with van der Waals surface area (Å²) in [5, 5.41) is 3.19. The van der Waals surface area contributed by atoms with E-state index >= 15 is 0 Å². The fraction of sp³-hybridized carbons (Fsp3) is 0.889. The molecule has 1 atom stereocenters. The maximum atomic E-state index is 11.5. The topological polar surface area (TPSA) is 32.3 Å². The Hall–Kier alpha value is -0.570. The second-order valence-corrected chi connectivity index (χ2v) is 3.71. The van der Waals surface area contributed by atoms with E-state index < -0.39 is 0 Å². The SMILES string of the molecule is CN[C@@H]1CCN(C(=O)C(C)C)C1. The highest BCUT2D eigenvalue weighted by atomic mass is 16.2. The van der Waals surface area contributed by atoms with Crippen LogP contribution in [0.3, 0.4) is 0 Å². The summed E-state index contributed by atoms with van der Waals surface area (Å²) >= 11 is 0. The van der Waals surface area contributed by atoms with Gasteiger partial charge in [-0.25, -0.2) is 0 Å². The summed E-state index contributed by atoms with van der Waals surface area (Å²) in [6.45, 7) is 5.71. The quantitative estimate of drug-likeness (QED) is 0.653. The maximum Gasteiger partial charge on any atom is 0.225 e. The molecule has 1 aliphatic heterocycles. The summed E-state index contributed by atoms with van der Waals surface area (Å²) in [6, 6.07) is 0.507. The van der Waals surface area contributed by atoms with E-state index in [1.165, 1.54) is 0 Å². The molecule has 0 aromatic carbocycles. The van der Waals surface area contributed by atoms with Gasteiger partial charge in [-0.2, -0.15) is 0 Å². The van der Waals surface area contributed by atoms with Gasteiger partial charge in [0.25, 0.3) is 0 Å². The largest absolute Gasteiger partial charge is 0.341 e. The van der Waals surface area contributed by atoms with Crippen molar-refractivity contribution in [1.29, 1.82) is 0 Å². The van der Waals surface area contributed by atoms with Crippen molar-refractivity contribution in [3.8, 4) is 0 Å². The molecule has 0 aliphatic carbocycles. The van der Waals surface area contributed by atoms with Crippen LogP contribution < -0.4 is 5.32 Å². The Bertz CT molecular complexity index is 168. The Morgan fingerprint density at radius 2 is 2.25 bits per heavy atom. The zero-order valence-corrected chi connectivity index (χ0v) is 8.13. The van der Waals surface area contributed by atoms with E-state index in [0.717, 1.165) is 19.5 Å². The zero-order chi connectivity index (χ0) is 9.14. The molecule has 1 amide bonds. The molecule has 0 radical (unpaired) electrons. The standard InChI is InChI=1S/C9H18N2O/c1-7(2)9(12)11-5-4-8(6-11)10-3/h7-8,10H,4-6H2,1-3H3/t8-/m1/s1. The van der Waals surface area contributed by atoms with Crippen LogP contribution in [0.15, 0.2) is 0 Å². The molecule has 1 fully saturated rings. The minimum atomic E-state index is 0.139. The Labute approximate surface area is 74.1 Å². The lowest BCUT2D eigenvalue weighted by molar-refractivity contribution is -0.133. The number of carbonyl (C=O) groups excluding carboxylic acids is 1. The van der Waals surface area contributed by atoms with Crippen LogP contribution in [0, 0.1) is 5.92 Å². The van der Waals surface area contributed by atoms with Gasteiger partial charge in [0.05, 0.1) is 0 Å². The predicted octanol–water partition coefficient (Wildman–Crippen LogP) is 0.463. The van der Waals surface area contributed by atoms with Gasteiger partial charge in [0.15, 0.2) is 0 Å². The molecule has 1 N–H and O–H groups in total. The molecule has 12 heavy (non-hydrogen) atoms. The fourth-order valence-electron chi connectivity index (χ4n) is 1.56. The molecule has 1 aliphatic rings. The van der Waals surface area contributed by atoms with Crippen LogP contribution in [0.2, 0.25) is 0 Å². The molecule has 1 rings (SSSR count). The first-order valence-corrected chi connectivity index (χ1v) is 4.61. The van der Waals surface area contributed by atoms with Gasteiger partial charge < -0.3 is 10.2 Å². The third-order valence-corrected chi connectivity index (χ3v) is 2.40. The fourth-order valence-corrected chi connectivity index (χ4v) is 1.56. The van der Waals surface area contributed by atoms with Gasteiger partial charge in [-0.1, -0.05) is 13.8 Å². The van der Waals surface area contributed by atoms with Crippen molar-refractivity contribution in [2.45, 2.75) is 26.3 Å². The predicted molar refractivity (Wildman–Crippen MR) is 48.9 cm³/mol. The van der Waals surface area contributed by atoms with Crippen LogP contribution in [-0.2, 0) is 4.79 Å². The molecule has 0 aromatic rings. The average Bonchev–Trinajstić information content (AvgIpc) is 2.50. The number of hydrogen-bond acceptors (Lipinski definition) is 2. The zero-order valence-electron chi connectivity index (χ0n) is 8.13. The highest BCUT2D eigenvalue weighted by molar-refractivity contribution is 5.78. The van der Waals surface area contributed by atoms with Crippen molar-refractivity contribution < 1.29 is 4.79 Å². The molecule has 0 spiro atoms. The van der Waals surface area contributed by atoms with Crippen LogP contribution in [-0.4, -0.2) is 37.0 Å². The molecular formula is C9H18N2O. The smallest absolute Gasteiger partial charge is 0.225 e. The molecule has 1 heterocycles. The summed E-state index contributed by atoms with van der Waals surface area (Å²) in [6.07, 6.45) is 1.09. The van der Waals surface area contributed by atoms with Gasteiger partial charge in [-0.15, -0.1) is 0 Å². The van der Waals surface area contributed by atoms with Crippen molar-refractivity contribution in [3.63, 3.8) is 0 Å². The summed E-state index contributed by atoms with van der Waals surface area (Å²) in [4.78, 5) is 13.5. The van der Waals surface area contributed by atoms with E-state index in [2.05, 4.69) is 5.32 Å². The van der Waals surface area contributed by atoms with E-state index in [4.69, 9.17) is 0 Å². The van der Waals surface area contributed by atoms with Gasteiger partial charge in [0, 0.05) is 25.0 Å². The normalized spacial score (nSPS) is 23.7. The molecule has 0 unspecified atom stereocenters. The van der Waals surface area contributed by atoms with Crippen molar-refractivity contribution in [2.75, 3.05) is 20.1 Å². The summed E-state index contributed by atoms with van der Waals surface area (Å²) in [5.74, 6) is 0.424. The van der Waals surface area contributed by atoms with Crippen LogP contribution >= 0.6 is 0 Å². The molecule has 70 valence electrons. The van der Waals surface area contributed by atoms with E-state index in [1.807, 2.05) is 25.8 Å². The summed E-state index contributed by atoms with van der Waals surface area (Å²) < 4.78 is 0. The number of rotatable bonds is 2. The monoisotopic (exact) mass is 170 g/mol. The van der Waals surface area contributed by atoms with Gasteiger partial charge in [-0.3, -0.25) is 4.79 Å². The number of likely N-dealkylation sites (tertiary alicyclic amines) is 1. The number of hydrogen-bond donors (Lipinski definition) is 1. The first kappa shape index (κ1) is 9.52. The van der Waals surface area contributed by atoms with Gasteiger partial charge in [0.1, 0.15) is 0 Å². The number of carbonyl (C=O) groups is 1. The Kier molecular flexibility index (Phi) is 3.09. The van der Waals surface area contributed by atoms with Crippen molar-refractivity contribution in [1.82, 2.24) is 10.2 Å². The molecular weight excluding hydrogens is 152 g/mol. The van der Waals surface area contributed by atoms with Crippen molar-refractivity contribution in [2.24, 2.45) is 5.92 Å². The van der Waals surface area contributed by atoms with Crippen molar-refractivity contribution in [3.05, 3.63) is 0 Å². The van der Waals surface area contributed by atoms with E-state index in [9.17, 15) is 4.79 Å². The number of nitrogens with one attached hydrogen (secondary N) is 1. The van der Waals surface area contributed by atoms with Gasteiger partial charge in [-0.05, 0) is 13.5 Å². The molecule has 0 bridgehead atoms. The molecule has 3 nitrogen and oxygen atoms in total. The Balaban J connectivity index is 2.41. The highest BCUT2D eigenvalue weighted by Crippen LogP contribution is 2.11. The Morgan fingerprint density at radius 1 is 1.58 bits per heavy atom. The van der Waals surface area contributed by atoms with E-state index in [1.54, 1.807) is 0 Å². The van der Waals surface area contributed by atoms with Crippen LogP contribution in [0.4, 0.5) is 0 Å². The van der Waals surface area contributed by atoms with E-state index in [0.29, 0.717) is 6.04 Å². The first-order chi connectivity index (χ1) is 5.65. The second-order valence-electron chi connectivity index (χ2n) is 3.71.